The number of aryl methyl sites for hydroxylation is 1. The van der Waals surface area contributed by atoms with Crippen molar-refractivity contribution in [3.63, 3.8) is 0 Å². The number of benzene rings is 1. The Labute approximate surface area is 88.7 Å². The van der Waals surface area contributed by atoms with E-state index in [0.717, 1.165) is 4.20 Å². The van der Waals surface area contributed by atoms with Crippen molar-refractivity contribution in [2.75, 3.05) is 0 Å². The van der Waals surface area contributed by atoms with E-state index in [1.165, 1.54) is 24.0 Å². The Morgan fingerprint density at radius 3 is 3.00 bits per heavy atom. The summed E-state index contributed by atoms with van der Waals surface area (Å²) >= 11 is 6.96. The molecule has 0 N–H and O–H groups in total. The second-order valence-electron chi connectivity index (χ2n) is 3.34. The molecule has 1 aliphatic rings. The molecule has 2 rings (SSSR count). The molecule has 13 heavy (non-hydrogen) atoms. The zero-order valence-corrected chi connectivity index (χ0v) is 9.25. The first-order chi connectivity index (χ1) is 6.27. The lowest BCUT2D eigenvalue weighted by molar-refractivity contribution is 0.895. The molecule has 0 bridgehead atoms. The van der Waals surface area contributed by atoms with Crippen LogP contribution in [0.15, 0.2) is 24.3 Å². The largest absolute Gasteiger partial charge is 0.111 e. The lowest BCUT2D eigenvalue weighted by atomic mass is 10.1. The van der Waals surface area contributed by atoms with Crippen LogP contribution in [0, 0.1) is 0 Å². The third-order valence-corrected chi connectivity index (χ3v) is 3.78. The van der Waals surface area contributed by atoms with Crippen LogP contribution >= 0.6 is 24.0 Å². The monoisotopic (exact) mass is 208 g/mol. The summed E-state index contributed by atoms with van der Waals surface area (Å²) in [5, 5.41) is 0.619. The minimum atomic E-state index is 0.619. The minimum absolute atomic E-state index is 0.619. The standard InChI is InChI=1S/C11H12S2/c1-8(12)13-11-7-6-9-4-2-3-5-10(9)11/h2-5,11H,6-7H2,1H3. The maximum absolute atomic E-state index is 5.12. The van der Waals surface area contributed by atoms with Gasteiger partial charge in [0, 0.05) is 9.45 Å². The van der Waals surface area contributed by atoms with E-state index < -0.39 is 0 Å². The van der Waals surface area contributed by atoms with Crippen molar-refractivity contribution in [1.29, 1.82) is 0 Å². The second kappa shape index (κ2) is 3.81. The number of fused-ring (bicyclic) bond motifs is 1. The Bertz CT molecular complexity index is 331. The topological polar surface area (TPSA) is 0 Å². The van der Waals surface area contributed by atoms with Crippen LogP contribution in [0.25, 0.3) is 0 Å². The molecule has 1 aliphatic carbocycles. The number of hydrogen-bond donors (Lipinski definition) is 0. The highest BCUT2D eigenvalue weighted by molar-refractivity contribution is 8.23. The zero-order valence-electron chi connectivity index (χ0n) is 7.62. The van der Waals surface area contributed by atoms with Gasteiger partial charge in [0.2, 0.25) is 0 Å². The SMILES string of the molecule is CC(=S)SC1CCc2ccccc21. The number of thiocarbonyl (C=S) groups is 1. The molecule has 0 saturated heterocycles. The fourth-order valence-corrected chi connectivity index (χ4v) is 3.18. The molecule has 2 heteroatoms. The van der Waals surface area contributed by atoms with Crippen LogP contribution in [0.3, 0.4) is 0 Å². The Kier molecular flexibility index (Phi) is 2.70. The van der Waals surface area contributed by atoms with Gasteiger partial charge >= 0.3 is 0 Å². The molecule has 0 aliphatic heterocycles. The third kappa shape index (κ3) is 1.94. The normalized spacial score (nSPS) is 19.9. The van der Waals surface area contributed by atoms with Crippen molar-refractivity contribution in [1.82, 2.24) is 0 Å². The predicted molar refractivity (Wildman–Crippen MR) is 63.4 cm³/mol. The highest BCUT2D eigenvalue weighted by atomic mass is 32.2. The first-order valence-electron chi connectivity index (χ1n) is 4.52. The summed E-state index contributed by atoms with van der Waals surface area (Å²) in [7, 11) is 0. The van der Waals surface area contributed by atoms with Gasteiger partial charge in [-0.25, -0.2) is 0 Å². The van der Waals surface area contributed by atoms with Gasteiger partial charge in [-0.3, -0.25) is 0 Å². The Hall–Kier alpha value is -0.340. The van der Waals surface area contributed by atoms with Crippen LogP contribution in [-0.2, 0) is 6.42 Å². The molecule has 0 heterocycles. The first kappa shape index (κ1) is 9.22. The van der Waals surface area contributed by atoms with Gasteiger partial charge in [-0.15, -0.1) is 11.8 Å². The van der Waals surface area contributed by atoms with Crippen molar-refractivity contribution in [3.05, 3.63) is 35.4 Å². The fourth-order valence-electron chi connectivity index (χ4n) is 1.84. The summed E-state index contributed by atoms with van der Waals surface area (Å²) in [4.78, 5) is 0. The second-order valence-corrected chi connectivity index (χ2v) is 5.62. The summed E-state index contributed by atoms with van der Waals surface area (Å²) in [6.07, 6.45) is 2.47. The van der Waals surface area contributed by atoms with Crippen LogP contribution < -0.4 is 0 Å². The first-order valence-corrected chi connectivity index (χ1v) is 5.81. The summed E-state index contributed by atoms with van der Waals surface area (Å²) in [6.45, 7) is 2.01. The van der Waals surface area contributed by atoms with Crippen LogP contribution in [0.4, 0.5) is 0 Å². The summed E-state index contributed by atoms with van der Waals surface area (Å²) in [5.41, 5.74) is 3.01. The molecule has 0 nitrogen and oxygen atoms in total. The van der Waals surface area contributed by atoms with E-state index in [1.807, 2.05) is 18.7 Å². The smallest absolute Gasteiger partial charge is 0.0453 e. The van der Waals surface area contributed by atoms with Gasteiger partial charge in [0.1, 0.15) is 0 Å². The molecular weight excluding hydrogens is 196 g/mol. The van der Waals surface area contributed by atoms with Crippen molar-refractivity contribution < 1.29 is 0 Å². The molecule has 0 spiro atoms. The molecule has 68 valence electrons. The molecule has 0 fully saturated rings. The maximum atomic E-state index is 5.12. The van der Waals surface area contributed by atoms with Gasteiger partial charge in [0.15, 0.2) is 0 Å². The fraction of sp³-hybridized carbons (Fsp3) is 0.364. The number of hydrogen-bond acceptors (Lipinski definition) is 2. The van der Waals surface area contributed by atoms with Crippen LogP contribution in [-0.4, -0.2) is 4.20 Å². The lowest BCUT2D eigenvalue weighted by Gasteiger charge is -2.08. The molecule has 0 radical (unpaired) electrons. The van der Waals surface area contributed by atoms with Gasteiger partial charge in [-0.05, 0) is 30.9 Å². The van der Waals surface area contributed by atoms with Gasteiger partial charge in [0.25, 0.3) is 0 Å². The van der Waals surface area contributed by atoms with E-state index >= 15 is 0 Å². The molecule has 1 aromatic carbocycles. The highest BCUT2D eigenvalue weighted by Crippen LogP contribution is 2.41. The van der Waals surface area contributed by atoms with Crippen molar-refractivity contribution in [3.8, 4) is 0 Å². The van der Waals surface area contributed by atoms with E-state index in [1.54, 1.807) is 0 Å². The Morgan fingerprint density at radius 1 is 1.46 bits per heavy atom. The van der Waals surface area contributed by atoms with Gasteiger partial charge in [0.05, 0.1) is 0 Å². The van der Waals surface area contributed by atoms with E-state index in [9.17, 15) is 0 Å². The molecule has 1 aromatic rings. The van der Waals surface area contributed by atoms with Crippen molar-refractivity contribution >= 4 is 28.2 Å². The molecule has 0 amide bonds. The predicted octanol–water partition coefficient (Wildman–Crippen LogP) is 3.75. The van der Waals surface area contributed by atoms with E-state index in [2.05, 4.69) is 24.3 Å². The summed E-state index contributed by atoms with van der Waals surface area (Å²) < 4.78 is 1.06. The lowest BCUT2D eigenvalue weighted by Crippen LogP contribution is -1.90. The van der Waals surface area contributed by atoms with Gasteiger partial charge < -0.3 is 0 Å². The minimum Gasteiger partial charge on any atom is -0.111 e. The van der Waals surface area contributed by atoms with Gasteiger partial charge in [-0.2, -0.15) is 0 Å². The zero-order chi connectivity index (χ0) is 9.26. The number of rotatable bonds is 1. The molecule has 1 atom stereocenters. The quantitative estimate of drug-likeness (QED) is 0.645. The summed E-state index contributed by atoms with van der Waals surface area (Å²) in [6, 6.07) is 8.71. The average Bonchev–Trinajstić information content (AvgIpc) is 2.48. The molecular formula is C11H12S2. The highest BCUT2D eigenvalue weighted by Gasteiger charge is 2.22. The van der Waals surface area contributed by atoms with Crippen molar-refractivity contribution in [2.45, 2.75) is 25.0 Å². The van der Waals surface area contributed by atoms with Gasteiger partial charge in [-0.1, -0.05) is 36.5 Å². The molecule has 0 saturated carbocycles. The molecule has 0 aromatic heterocycles. The number of thioether (sulfide) groups is 1. The average molecular weight is 208 g/mol. The van der Waals surface area contributed by atoms with E-state index in [-0.39, 0.29) is 0 Å². The van der Waals surface area contributed by atoms with Crippen LogP contribution in [0.5, 0.6) is 0 Å². The van der Waals surface area contributed by atoms with E-state index in [4.69, 9.17) is 12.2 Å². The maximum Gasteiger partial charge on any atom is 0.0453 e. The van der Waals surface area contributed by atoms with Crippen LogP contribution in [0.1, 0.15) is 29.7 Å². The Morgan fingerprint density at radius 2 is 2.23 bits per heavy atom. The summed E-state index contributed by atoms with van der Waals surface area (Å²) in [5.74, 6) is 0. The Balaban J connectivity index is 2.23. The van der Waals surface area contributed by atoms with E-state index in [0.29, 0.717) is 5.25 Å². The van der Waals surface area contributed by atoms with Crippen molar-refractivity contribution in [2.24, 2.45) is 0 Å². The molecule has 1 unspecified atom stereocenters. The third-order valence-electron chi connectivity index (χ3n) is 2.39. The van der Waals surface area contributed by atoms with Crippen LogP contribution in [0.2, 0.25) is 0 Å².